The van der Waals surface area contributed by atoms with Crippen molar-refractivity contribution < 1.29 is 34.1 Å². The topological polar surface area (TPSA) is 148 Å². The molecule has 9 nitrogen and oxygen atoms in total. The van der Waals surface area contributed by atoms with Gasteiger partial charge in [-0.3, -0.25) is 9.59 Å². The fourth-order valence-electron chi connectivity index (χ4n) is 1.99. The summed E-state index contributed by atoms with van der Waals surface area (Å²) in [5.74, 6) is -2.59. The molecule has 0 fully saturated rings. The van der Waals surface area contributed by atoms with Gasteiger partial charge in [0.15, 0.2) is 11.5 Å². The van der Waals surface area contributed by atoms with Crippen LogP contribution in [-0.4, -0.2) is 54.4 Å². The van der Waals surface area contributed by atoms with Crippen LogP contribution in [0.25, 0.3) is 0 Å². The minimum absolute atomic E-state index is 0.0236. The smallest absolute Gasteiger partial charge is 0.328 e. The number of methoxy groups -OCH3 is 2. The SMILES string of the molecule is COC(=O)[C@H](Cc1ccc(OC)c(O)c1)NC(=O)[C@@H](N)CC(=O)O. The molecule has 1 aromatic rings. The molecule has 1 rings (SSSR count). The summed E-state index contributed by atoms with van der Waals surface area (Å²) in [6.07, 6.45) is -0.543. The highest BCUT2D eigenvalue weighted by Crippen LogP contribution is 2.26. The zero-order valence-corrected chi connectivity index (χ0v) is 13.3. The first kappa shape index (κ1) is 19.2. The van der Waals surface area contributed by atoms with Crippen LogP contribution in [0.1, 0.15) is 12.0 Å². The largest absolute Gasteiger partial charge is 0.504 e. The van der Waals surface area contributed by atoms with Crippen molar-refractivity contribution in [3.05, 3.63) is 23.8 Å². The number of nitrogens with two attached hydrogens (primary N) is 1. The Labute approximate surface area is 138 Å². The van der Waals surface area contributed by atoms with Crippen LogP contribution in [0.15, 0.2) is 18.2 Å². The number of benzene rings is 1. The summed E-state index contributed by atoms with van der Waals surface area (Å²) in [6, 6.07) is 2.14. The summed E-state index contributed by atoms with van der Waals surface area (Å²) in [6.45, 7) is 0. The van der Waals surface area contributed by atoms with Gasteiger partial charge in [0.25, 0.3) is 0 Å². The Morgan fingerprint density at radius 2 is 1.96 bits per heavy atom. The van der Waals surface area contributed by atoms with Gasteiger partial charge in [0.2, 0.25) is 5.91 Å². The highest BCUT2D eigenvalue weighted by atomic mass is 16.5. The quantitative estimate of drug-likeness (QED) is 0.459. The van der Waals surface area contributed by atoms with Gasteiger partial charge in [-0.2, -0.15) is 0 Å². The van der Waals surface area contributed by atoms with Crippen molar-refractivity contribution in [1.82, 2.24) is 5.32 Å². The second-order valence-electron chi connectivity index (χ2n) is 5.00. The van der Waals surface area contributed by atoms with E-state index in [4.69, 9.17) is 15.6 Å². The molecular weight excluding hydrogens is 320 g/mol. The number of hydrogen-bond donors (Lipinski definition) is 4. The molecule has 0 spiro atoms. The highest BCUT2D eigenvalue weighted by molar-refractivity contribution is 5.89. The average molecular weight is 340 g/mol. The van der Waals surface area contributed by atoms with Crippen LogP contribution in [0.4, 0.5) is 0 Å². The van der Waals surface area contributed by atoms with Crippen LogP contribution in [0.5, 0.6) is 11.5 Å². The van der Waals surface area contributed by atoms with E-state index >= 15 is 0 Å². The van der Waals surface area contributed by atoms with E-state index in [-0.39, 0.29) is 17.9 Å². The number of carboxylic acid groups (broad SMARTS) is 1. The maximum atomic E-state index is 11.9. The summed E-state index contributed by atoms with van der Waals surface area (Å²) >= 11 is 0. The van der Waals surface area contributed by atoms with Crippen molar-refractivity contribution in [3.8, 4) is 11.5 Å². The molecule has 0 saturated carbocycles. The van der Waals surface area contributed by atoms with Crippen molar-refractivity contribution in [2.75, 3.05) is 14.2 Å². The van der Waals surface area contributed by atoms with Crippen molar-refractivity contribution >= 4 is 17.8 Å². The van der Waals surface area contributed by atoms with E-state index in [9.17, 15) is 19.5 Å². The van der Waals surface area contributed by atoms with E-state index in [1.807, 2.05) is 0 Å². The number of amides is 1. The molecule has 5 N–H and O–H groups in total. The third-order valence-electron chi connectivity index (χ3n) is 3.22. The van der Waals surface area contributed by atoms with E-state index in [0.717, 1.165) is 7.11 Å². The third kappa shape index (κ3) is 5.43. The summed E-state index contributed by atoms with van der Waals surface area (Å²) in [5.41, 5.74) is 6.00. The van der Waals surface area contributed by atoms with Gasteiger partial charge in [-0.05, 0) is 17.7 Å². The first-order valence-electron chi connectivity index (χ1n) is 7.00. The molecular formula is C15H20N2O7. The zero-order valence-electron chi connectivity index (χ0n) is 13.3. The van der Waals surface area contributed by atoms with Crippen molar-refractivity contribution in [3.63, 3.8) is 0 Å². The number of aromatic hydroxyl groups is 1. The summed E-state index contributed by atoms with van der Waals surface area (Å²) in [4.78, 5) is 34.3. The Balaban J connectivity index is 2.86. The molecule has 132 valence electrons. The normalized spacial score (nSPS) is 12.8. The Morgan fingerprint density at radius 1 is 1.29 bits per heavy atom. The van der Waals surface area contributed by atoms with E-state index in [2.05, 4.69) is 10.1 Å². The van der Waals surface area contributed by atoms with Gasteiger partial charge in [-0.15, -0.1) is 0 Å². The second-order valence-corrected chi connectivity index (χ2v) is 5.00. The number of esters is 1. The number of carboxylic acids is 1. The Morgan fingerprint density at radius 3 is 2.46 bits per heavy atom. The number of phenolic OH excluding ortho intramolecular Hbond substituents is 1. The Bertz CT molecular complexity index is 618. The summed E-state index contributed by atoms with van der Waals surface area (Å²) in [7, 11) is 2.56. The van der Waals surface area contributed by atoms with Gasteiger partial charge in [0.05, 0.1) is 26.7 Å². The lowest BCUT2D eigenvalue weighted by Crippen LogP contribution is -2.50. The molecule has 0 aliphatic heterocycles. The van der Waals surface area contributed by atoms with Crippen molar-refractivity contribution in [2.45, 2.75) is 24.9 Å². The van der Waals surface area contributed by atoms with Gasteiger partial charge >= 0.3 is 11.9 Å². The average Bonchev–Trinajstić information content (AvgIpc) is 2.52. The molecule has 0 radical (unpaired) electrons. The fourth-order valence-corrected chi connectivity index (χ4v) is 1.99. The fraction of sp³-hybridized carbons (Fsp3) is 0.400. The molecule has 9 heteroatoms. The lowest BCUT2D eigenvalue weighted by molar-refractivity contribution is -0.145. The number of ether oxygens (including phenoxy) is 2. The van der Waals surface area contributed by atoms with Gasteiger partial charge in [-0.25, -0.2) is 4.79 Å². The van der Waals surface area contributed by atoms with Crippen molar-refractivity contribution in [1.29, 1.82) is 0 Å². The lowest BCUT2D eigenvalue weighted by Gasteiger charge is -2.19. The maximum absolute atomic E-state index is 11.9. The number of hydrogen-bond acceptors (Lipinski definition) is 7. The number of nitrogens with one attached hydrogen (secondary N) is 1. The number of phenols is 1. The molecule has 2 atom stereocenters. The van der Waals surface area contributed by atoms with E-state index < -0.39 is 36.4 Å². The number of carbonyl (C=O) groups is 3. The third-order valence-corrected chi connectivity index (χ3v) is 3.22. The number of carbonyl (C=O) groups excluding carboxylic acids is 2. The van der Waals surface area contributed by atoms with Crippen LogP contribution >= 0.6 is 0 Å². The van der Waals surface area contributed by atoms with Crippen LogP contribution in [0.3, 0.4) is 0 Å². The van der Waals surface area contributed by atoms with Gasteiger partial charge in [0, 0.05) is 6.42 Å². The zero-order chi connectivity index (χ0) is 18.3. The molecule has 1 aromatic carbocycles. The van der Waals surface area contributed by atoms with Gasteiger partial charge in [0.1, 0.15) is 6.04 Å². The Kier molecular flexibility index (Phi) is 6.99. The second kappa shape index (κ2) is 8.73. The molecule has 0 aromatic heterocycles. The Hall–Kier alpha value is -2.81. The van der Waals surface area contributed by atoms with Crippen LogP contribution in [0.2, 0.25) is 0 Å². The highest BCUT2D eigenvalue weighted by Gasteiger charge is 2.26. The molecule has 1 amide bonds. The number of rotatable bonds is 8. The molecule has 0 heterocycles. The van der Waals surface area contributed by atoms with Gasteiger partial charge in [-0.1, -0.05) is 6.07 Å². The van der Waals surface area contributed by atoms with E-state index in [1.54, 1.807) is 6.07 Å². The maximum Gasteiger partial charge on any atom is 0.328 e. The van der Waals surface area contributed by atoms with Crippen molar-refractivity contribution in [2.24, 2.45) is 5.73 Å². The van der Waals surface area contributed by atoms with E-state index in [1.165, 1.54) is 19.2 Å². The minimum atomic E-state index is -1.29. The summed E-state index contributed by atoms with van der Waals surface area (Å²) in [5, 5.41) is 20.8. The molecule has 0 aliphatic carbocycles. The molecule has 0 aliphatic rings. The molecule has 0 saturated heterocycles. The molecule has 24 heavy (non-hydrogen) atoms. The minimum Gasteiger partial charge on any atom is -0.504 e. The predicted molar refractivity (Wildman–Crippen MR) is 82.5 cm³/mol. The first-order valence-corrected chi connectivity index (χ1v) is 7.00. The molecule has 0 bridgehead atoms. The monoisotopic (exact) mass is 340 g/mol. The first-order chi connectivity index (χ1) is 11.3. The standard InChI is InChI=1S/C15H20N2O7/c1-23-12-4-3-8(6-11(12)18)5-10(15(22)24-2)17-14(21)9(16)7-13(19)20/h3-4,6,9-10,18H,5,7,16H2,1-2H3,(H,17,21)(H,19,20)/t9-,10-/m0/s1. The van der Waals surface area contributed by atoms with Crippen LogP contribution in [-0.2, 0) is 25.5 Å². The molecule has 0 unspecified atom stereocenters. The van der Waals surface area contributed by atoms with Crippen LogP contribution < -0.4 is 15.8 Å². The predicted octanol–water partition coefficient (Wildman–Crippen LogP) is -0.597. The van der Waals surface area contributed by atoms with Gasteiger partial charge < -0.3 is 30.7 Å². The van der Waals surface area contributed by atoms with Crippen LogP contribution in [0, 0.1) is 0 Å². The summed E-state index contributed by atoms with van der Waals surface area (Å²) < 4.78 is 9.55. The number of aliphatic carboxylic acids is 1. The lowest BCUT2D eigenvalue weighted by atomic mass is 10.0. The van der Waals surface area contributed by atoms with E-state index in [0.29, 0.717) is 5.56 Å².